The lowest BCUT2D eigenvalue weighted by Gasteiger charge is -2.00. The van der Waals surface area contributed by atoms with Crippen LogP contribution >= 0.6 is 0 Å². The van der Waals surface area contributed by atoms with E-state index in [-0.39, 0.29) is 24.4 Å². The predicted octanol–water partition coefficient (Wildman–Crippen LogP) is -0.259. The van der Waals surface area contributed by atoms with Crippen LogP contribution in [0.2, 0.25) is 0 Å². The zero-order valence-corrected chi connectivity index (χ0v) is 7.99. The van der Waals surface area contributed by atoms with Gasteiger partial charge in [-0.2, -0.15) is 0 Å². The maximum absolute atomic E-state index is 11.4. The minimum Gasteiger partial charge on any atom is -0.361 e. The molecule has 1 amide bonds. The van der Waals surface area contributed by atoms with E-state index in [9.17, 15) is 4.79 Å². The summed E-state index contributed by atoms with van der Waals surface area (Å²) >= 11 is 0. The van der Waals surface area contributed by atoms with Crippen molar-refractivity contribution in [1.82, 2.24) is 10.5 Å². The van der Waals surface area contributed by atoms with Crippen molar-refractivity contribution >= 4 is 5.91 Å². The minimum atomic E-state index is -0.0451. The lowest BCUT2D eigenvalue weighted by Crippen LogP contribution is -2.30. The van der Waals surface area contributed by atoms with Gasteiger partial charge in [0.25, 0.3) is 0 Å². The monoisotopic (exact) mass is 195 g/mol. The van der Waals surface area contributed by atoms with Gasteiger partial charge in [0, 0.05) is 18.2 Å². The van der Waals surface area contributed by atoms with Crippen molar-refractivity contribution in [2.45, 2.75) is 31.8 Å². The number of rotatable bonds is 3. The van der Waals surface area contributed by atoms with Crippen molar-refractivity contribution in [1.29, 1.82) is 0 Å². The number of nitrogens with one attached hydrogen (secondary N) is 1. The molecule has 0 spiro atoms. The number of carbonyl (C=O) groups excluding carboxylic acids is 1. The Morgan fingerprint density at radius 2 is 2.57 bits per heavy atom. The third kappa shape index (κ3) is 2.11. The van der Waals surface area contributed by atoms with Gasteiger partial charge in [0.1, 0.15) is 5.76 Å². The molecule has 1 aliphatic rings. The summed E-state index contributed by atoms with van der Waals surface area (Å²) in [7, 11) is 0. The standard InChI is InChI=1S/C9H13N3O2/c1-5-2-6(12-14-5)3-9(13)11-8-4-7(8)10/h2,7-8H,3-4,10H2,1H3,(H,11,13). The molecule has 0 saturated heterocycles. The van der Waals surface area contributed by atoms with Crippen LogP contribution in [0.1, 0.15) is 17.9 Å². The summed E-state index contributed by atoms with van der Waals surface area (Å²) in [6.45, 7) is 1.80. The maximum Gasteiger partial charge on any atom is 0.226 e. The molecule has 1 aliphatic carbocycles. The van der Waals surface area contributed by atoms with Gasteiger partial charge in [-0.15, -0.1) is 0 Å². The highest BCUT2D eigenvalue weighted by Crippen LogP contribution is 2.17. The minimum absolute atomic E-state index is 0.0451. The number of aromatic nitrogens is 1. The molecule has 5 nitrogen and oxygen atoms in total. The van der Waals surface area contributed by atoms with Gasteiger partial charge in [0.05, 0.1) is 12.1 Å². The topological polar surface area (TPSA) is 81.2 Å². The average molecular weight is 195 g/mol. The first-order valence-electron chi connectivity index (χ1n) is 4.62. The van der Waals surface area contributed by atoms with Crippen LogP contribution in [0.15, 0.2) is 10.6 Å². The third-order valence-electron chi connectivity index (χ3n) is 2.20. The second-order valence-corrected chi connectivity index (χ2v) is 3.68. The summed E-state index contributed by atoms with van der Waals surface area (Å²) in [5, 5.41) is 6.55. The molecule has 2 unspecified atom stereocenters. The second-order valence-electron chi connectivity index (χ2n) is 3.68. The van der Waals surface area contributed by atoms with Crippen LogP contribution < -0.4 is 11.1 Å². The normalized spacial score (nSPS) is 24.7. The summed E-state index contributed by atoms with van der Waals surface area (Å²) in [5.41, 5.74) is 6.22. The van der Waals surface area contributed by atoms with Crippen molar-refractivity contribution in [2.75, 3.05) is 0 Å². The molecular formula is C9H13N3O2. The Bertz CT molecular complexity index is 348. The van der Waals surface area contributed by atoms with Crippen molar-refractivity contribution in [3.8, 4) is 0 Å². The van der Waals surface area contributed by atoms with Crippen molar-refractivity contribution in [3.63, 3.8) is 0 Å². The van der Waals surface area contributed by atoms with E-state index in [4.69, 9.17) is 10.3 Å². The highest BCUT2D eigenvalue weighted by Gasteiger charge is 2.34. The molecule has 1 saturated carbocycles. The van der Waals surface area contributed by atoms with E-state index in [2.05, 4.69) is 10.5 Å². The molecule has 1 aromatic rings. The number of nitrogens with two attached hydrogens (primary N) is 1. The number of amides is 1. The van der Waals surface area contributed by atoms with Gasteiger partial charge in [-0.3, -0.25) is 4.79 Å². The van der Waals surface area contributed by atoms with Crippen LogP contribution in [0.3, 0.4) is 0 Å². The molecule has 0 aliphatic heterocycles. The number of aryl methyl sites for hydroxylation is 1. The van der Waals surface area contributed by atoms with Gasteiger partial charge < -0.3 is 15.6 Å². The van der Waals surface area contributed by atoms with Gasteiger partial charge in [0.2, 0.25) is 5.91 Å². The molecule has 14 heavy (non-hydrogen) atoms. The van der Waals surface area contributed by atoms with Gasteiger partial charge in [-0.05, 0) is 13.3 Å². The van der Waals surface area contributed by atoms with Gasteiger partial charge >= 0.3 is 0 Å². The van der Waals surface area contributed by atoms with E-state index in [1.807, 2.05) is 0 Å². The molecule has 2 atom stereocenters. The molecule has 5 heteroatoms. The fraction of sp³-hybridized carbons (Fsp3) is 0.556. The Hall–Kier alpha value is -1.36. The first-order valence-corrected chi connectivity index (χ1v) is 4.62. The first kappa shape index (κ1) is 9.21. The first-order chi connectivity index (χ1) is 6.65. The van der Waals surface area contributed by atoms with Crippen LogP contribution in [-0.4, -0.2) is 23.1 Å². The summed E-state index contributed by atoms with van der Waals surface area (Å²) < 4.78 is 4.85. The highest BCUT2D eigenvalue weighted by molar-refractivity contribution is 5.78. The van der Waals surface area contributed by atoms with E-state index in [0.717, 1.165) is 12.2 Å². The summed E-state index contributed by atoms with van der Waals surface area (Å²) in [4.78, 5) is 11.4. The molecule has 0 aromatic carbocycles. The van der Waals surface area contributed by atoms with Gasteiger partial charge in [-0.1, -0.05) is 5.16 Å². The van der Waals surface area contributed by atoms with Crippen molar-refractivity contribution in [3.05, 3.63) is 17.5 Å². The molecule has 0 bridgehead atoms. The molecule has 1 fully saturated rings. The average Bonchev–Trinajstić information content (AvgIpc) is 2.59. The van der Waals surface area contributed by atoms with Crippen LogP contribution in [0.25, 0.3) is 0 Å². The van der Waals surface area contributed by atoms with E-state index < -0.39 is 0 Å². The highest BCUT2D eigenvalue weighted by atomic mass is 16.5. The zero-order chi connectivity index (χ0) is 10.1. The number of carbonyl (C=O) groups is 1. The Labute approximate surface area is 81.6 Å². The van der Waals surface area contributed by atoms with Crippen LogP contribution in [0, 0.1) is 6.92 Å². The SMILES string of the molecule is Cc1cc(CC(=O)NC2CC2N)no1. The van der Waals surface area contributed by atoms with E-state index >= 15 is 0 Å². The smallest absolute Gasteiger partial charge is 0.226 e. The van der Waals surface area contributed by atoms with Gasteiger partial charge in [-0.25, -0.2) is 0 Å². The quantitative estimate of drug-likeness (QED) is 0.696. The Kier molecular flexibility index (Phi) is 2.25. The molecule has 0 radical (unpaired) electrons. The second kappa shape index (κ2) is 3.42. The van der Waals surface area contributed by atoms with Crippen molar-refractivity contribution in [2.24, 2.45) is 5.73 Å². The third-order valence-corrected chi connectivity index (χ3v) is 2.20. The van der Waals surface area contributed by atoms with Crippen molar-refractivity contribution < 1.29 is 9.32 Å². The molecular weight excluding hydrogens is 182 g/mol. The lowest BCUT2D eigenvalue weighted by atomic mass is 10.3. The van der Waals surface area contributed by atoms with Crippen LogP contribution in [-0.2, 0) is 11.2 Å². The van der Waals surface area contributed by atoms with Crippen LogP contribution in [0.5, 0.6) is 0 Å². The predicted molar refractivity (Wildman–Crippen MR) is 49.5 cm³/mol. The Balaban J connectivity index is 1.82. The zero-order valence-electron chi connectivity index (χ0n) is 7.99. The largest absolute Gasteiger partial charge is 0.361 e. The number of nitrogens with zero attached hydrogens (tertiary/aromatic N) is 1. The molecule has 3 N–H and O–H groups in total. The molecule has 1 heterocycles. The summed E-state index contributed by atoms with van der Waals surface area (Å²) in [6.07, 6.45) is 1.14. The lowest BCUT2D eigenvalue weighted by molar-refractivity contribution is -0.120. The van der Waals surface area contributed by atoms with Gasteiger partial charge in [0.15, 0.2) is 0 Å². The summed E-state index contributed by atoms with van der Waals surface area (Å²) in [6, 6.07) is 2.06. The maximum atomic E-state index is 11.4. The number of hydrogen-bond donors (Lipinski definition) is 2. The van der Waals surface area contributed by atoms with E-state index in [0.29, 0.717) is 5.69 Å². The molecule has 1 aromatic heterocycles. The molecule has 76 valence electrons. The molecule has 2 rings (SSSR count). The fourth-order valence-electron chi connectivity index (χ4n) is 1.30. The Morgan fingerprint density at radius 1 is 1.86 bits per heavy atom. The Morgan fingerprint density at radius 3 is 3.07 bits per heavy atom. The van der Waals surface area contributed by atoms with E-state index in [1.54, 1.807) is 13.0 Å². The number of hydrogen-bond acceptors (Lipinski definition) is 4. The summed E-state index contributed by atoms with van der Waals surface area (Å²) in [5.74, 6) is 0.673. The van der Waals surface area contributed by atoms with Crippen LogP contribution in [0.4, 0.5) is 0 Å². The fourth-order valence-corrected chi connectivity index (χ4v) is 1.30. The van der Waals surface area contributed by atoms with E-state index in [1.165, 1.54) is 0 Å².